The average Bonchev–Trinajstić information content (AvgIpc) is 2.43. The molecule has 0 radical (unpaired) electrons. The van der Waals surface area contributed by atoms with Gasteiger partial charge in [-0.25, -0.2) is 0 Å². The van der Waals surface area contributed by atoms with Crippen LogP contribution in [0, 0.1) is 10.1 Å². The van der Waals surface area contributed by atoms with Crippen molar-refractivity contribution in [1.82, 2.24) is 9.78 Å². The highest BCUT2D eigenvalue weighted by atomic mass is 16.6. The van der Waals surface area contributed by atoms with Gasteiger partial charge in [-0.3, -0.25) is 14.8 Å². The minimum Gasteiger partial charge on any atom is -0.469 e. The lowest BCUT2D eigenvalue weighted by Gasteiger charge is -1.97. The van der Waals surface area contributed by atoms with Gasteiger partial charge in [0.05, 0.1) is 11.5 Å². The molecule has 0 atom stereocenters. The van der Waals surface area contributed by atoms with E-state index in [2.05, 4.69) is 5.10 Å². The number of aromatic nitrogens is 2. The van der Waals surface area contributed by atoms with Crippen molar-refractivity contribution in [3.05, 3.63) is 16.3 Å². The van der Waals surface area contributed by atoms with Crippen LogP contribution in [0.25, 0.3) is 0 Å². The molecular formula is C6H9N3O4. The number of ether oxygens (including phenoxy) is 1. The Morgan fingerprint density at radius 2 is 2.54 bits per heavy atom. The van der Waals surface area contributed by atoms with Gasteiger partial charge in [-0.15, -0.1) is 5.10 Å². The van der Waals surface area contributed by atoms with E-state index in [0.717, 1.165) is 0 Å². The maximum Gasteiger partial charge on any atom is 0.350 e. The van der Waals surface area contributed by atoms with Crippen LogP contribution in [-0.2, 0) is 7.05 Å². The third-order valence-corrected chi connectivity index (χ3v) is 1.30. The second-order valence-corrected chi connectivity index (χ2v) is 2.32. The molecule has 0 aromatic carbocycles. The molecule has 0 amide bonds. The van der Waals surface area contributed by atoms with E-state index in [9.17, 15) is 10.1 Å². The number of rotatable bonds is 4. The Morgan fingerprint density at radius 3 is 3.08 bits per heavy atom. The lowest BCUT2D eigenvalue weighted by Crippen LogP contribution is -2.03. The number of aliphatic hydroxyl groups is 1. The van der Waals surface area contributed by atoms with E-state index >= 15 is 0 Å². The monoisotopic (exact) mass is 187 g/mol. The highest BCUT2D eigenvalue weighted by molar-refractivity contribution is 5.38. The summed E-state index contributed by atoms with van der Waals surface area (Å²) in [7, 11) is 1.55. The average molecular weight is 187 g/mol. The molecule has 1 aromatic rings. The van der Waals surface area contributed by atoms with Crippen molar-refractivity contribution in [2.24, 2.45) is 7.05 Å². The lowest BCUT2D eigenvalue weighted by atomic mass is 10.5. The molecule has 1 N–H and O–H groups in total. The van der Waals surface area contributed by atoms with Crippen molar-refractivity contribution in [2.45, 2.75) is 0 Å². The summed E-state index contributed by atoms with van der Waals surface area (Å²) < 4.78 is 6.13. The molecule has 0 saturated heterocycles. The van der Waals surface area contributed by atoms with Crippen LogP contribution < -0.4 is 4.74 Å². The zero-order valence-corrected chi connectivity index (χ0v) is 7.01. The van der Waals surface area contributed by atoms with Crippen molar-refractivity contribution in [3.63, 3.8) is 0 Å². The highest BCUT2D eigenvalue weighted by Gasteiger charge is 2.19. The predicted molar refractivity (Wildman–Crippen MR) is 42.4 cm³/mol. The van der Waals surface area contributed by atoms with E-state index in [4.69, 9.17) is 9.84 Å². The summed E-state index contributed by atoms with van der Waals surface area (Å²) >= 11 is 0. The topological polar surface area (TPSA) is 90.4 Å². The van der Waals surface area contributed by atoms with Gasteiger partial charge in [-0.1, -0.05) is 0 Å². The Bertz CT molecular complexity index is 309. The summed E-state index contributed by atoms with van der Waals surface area (Å²) in [6.45, 7) is -0.203. The number of nitro groups is 1. The molecule has 0 spiro atoms. The normalized spacial score (nSPS) is 10.0. The van der Waals surface area contributed by atoms with Gasteiger partial charge in [0.2, 0.25) is 0 Å². The van der Waals surface area contributed by atoms with Gasteiger partial charge < -0.3 is 9.84 Å². The van der Waals surface area contributed by atoms with Crippen LogP contribution in [0.2, 0.25) is 0 Å². The number of aryl methyl sites for hydroxylation is 1. The Labute approximate surface area is 73.7 Å². The molecule has 0 aliphatic heterocycles. The van der Waals surface area contributed by atoms with Crippen LogP contribution in [0.5, 0.6) is 5.88 Å². The first-order valence-corrected chi connectivity index (χ1v) is 3.57. The van der Waals surface area contributed by atoms with E-state index < -0.39 is 4.92 Å². The Morgan fingerprint density at radius 1 is 1.85 bits per heavy atom. The van der Waals surface area contributed by atoms with E-state index in [1.165, 1.54) is 10.9 Å². The maximum atomic E-state index is 10.4. The fourth-order valence-corrected chi connectivity index (χ4v) is 0.826. The number of aliphatic hydroxyl groups excluding tert-OH is 1. The smallest absolute Gasteiger partial charge is 0.350 e. The van der Waals surface area contributed by atoms with Gasteiger partial charge in [0.1, 0.15) is 12.8 Å². The Kier molecular flexibility index (Phi) is 2.80. The van der Waals surface area contributed by atoms with Crippen LogP contribution in [0.3, 0.4) is 0 Å². The van der Waals surface area contributed by atoms with Crippen molar-refractivity contribution in [1.29, 1.82) is 0 Å². The summed E-state index contributed by atoms with van der Waals surface area (Å²) in [4.78, 5) is 9.82. The van der Waals surface area contributed by atoms with Crippen molar-refractivity contribution in [3.8, 4) is 5.88 Å². The number of nitrogens with zero attached hydrogens (tertiary/aromatic N) is 3. The second kappa shape index (κ2) is 3.85. The van der Waals surface area contributed by atoms with Gasteiger partial charge >= 0.3 is 11.6 Å². The summed E-state index contributed by atoms with van der Waals surface area (Å²) in [5.74, 6) is -0.0680. The van der Waals surface area contributed by atoms with Crippen LogP contribution in [0.1, 0.15) is 0 Å². The molecule has 13 heavy (non-hydrogen) atoms. The van der Waals surface area contributed by atoms with E-state index in [1.54, 1.807) is 7.05 Å². The second-order valence-electron chi connectivity index (χ2n) is 2.32. The third kappa shape index (κ3) is 2.15. The van der Waals surface area contributed by atoms with Crippen molar-refractivity contribution in [2.75, 3.05) is 13.2 Å². The minimum atomic E-state index is -0.584. The summed E-state index contributed by atoms with van der Waals surface area (Å²) in [6, 6.07) is 0. The van der Waals surface area contributed by atoms with Crippen LogP contribution in [0.4, 0.5) is 5.69 Å². The molecule has 7 heteroatoms. The van der Waals surface area contributed by atoms with Gasteiger partial charge in [0.25, 0.3) is 0 Å². The molecule has 1 aromatic heterocycles. The summed E-state index contributed by atoms with van der Waals surface area (Å²) in [5, 5.41) is 22.6. The lowest BCUT2D eigenvalue weighted by molar-refractivity contribution is -0.386. The first kappa shape index (κ1) is 9.46. The molecule has 1 rings (SSSR count). The molecule has 0 saturated carbocycles. The van der Waals surface area contributed by atoms with Gasteiger partial charge in [0, 0.05) is 7.05 Å². The molecule has 0 aliphatic carbocycles. The fourth-order valence-electron chi connectivity index (χ4n) is 0.826. The Hall–Kier alpha value is -1.63. The van der Waals surface area contributed by atoms with Crippen molar-refractivity contribution >= 4 is 5.69 Å². The highest BCUT2D eigenvalue weighted by Crippen LogP contribution is 2.23. The van der Waals surface area contributed by atoms with Crippen molar-refractivity contribution < 1.29 is 14.8 Å². The van der Waals surface area contributed by atoms with E-state index in [0.29, 0.717) is 0 Å². The van der Waals surface area contributed by atoms with Crippen LogP contribution >= 0.6 is 0 Å². The minimum absolute atomic E-state index is 0.00213. The summed E-state index contributed by atoms with van der Waals surface area (Å²) in [6.07, 6.45) is 1.24. The Balaban J connectivity index is 2.84. The SMILES string of the molecule is Cn1cc([N+](=O)[O-])c(OCCO)n1. The van der Waals surface area contributed by atoms with E-state index in [-0.39, 0.29) is 24.8 Å². The maximum absolute atomic E-state index is 10.4. The zero-order chi connectivity index (χ0) is 9.84. The molecular weight excluding hydrogens is 178 g/mol. The van der Waals surface area contributed by atoms with Gasteiger partial charge in [0.15, 0.2) is 0 Å². The molecule has 1 heterocycles. The number of hydrogen-bond acceptors (Lipinski definition) is 5. The quantitative estimate of drug-likeness (QED) is 0.516. The third-order valence-electron chi connectivity index (χ3n) is 1.30. The first-order chi connectivity index (χ1) is 6.15. The van der Waals surface area contributed by atoms with E-state index in [1.807, 2.05) is 0 Å². The molecule has 0 fully saturated rings. The molecule has 0 bridgehead atoms. The largest absolute Gasteiger partial charge is 0.469 e. The van der Waals surface area contributed by atoms with Gasteiger partial charge in [-0.05, 0) is 0 Å². The predicted octanol–water partition coefficient (Wildman–Crippen LogP) is -0.301. The number of hydrogen-bond donors (Lipinski definition) is 1. The van der Waals surface area contributed by atoms with Crippen LogP contribution in [-0.4, -0.2) is 33.0 Å². The molecule has 0 unspecified atom stereocenters. The first-order valence-electron chi connectivity index (χ1n) is 3.57. The fraction of sp³-hybridized carbons (Fsp3) is 0.500. The van der Waals surface area contributed by atoms with Crippen LogP contribution in [0.15, 0.2) is 6.20 Å². The standard InChI is InChI=1S/C6H9N3O4/c1-8-4-5(9(11)12)6(7-8)13-3-2-10/h4,10H,2-3H2,1H3. The zero-order valence-electron chi connectivity index (χ0n) is 7.01. The molecule has 7 nitrogen and oxygen atoms in total. The summed E-state index contributed by atoms with van der Waals surface area (Å²) in [5.41, 5.74) is -0.198. The van der Waals surface area contributed by atoms with Gasteiger partial charge in [-0.2, -0.15) is 0 Å². The molecule has 0 aliphatic rings. The molecule has 72 valence electrons.